The van der Waals surface area contributed by atoms with E-state index < -0.39 is 0 Å². The number of unbranched alkanes of at least 4 members (excludes halogenated alkanes) is 2. The first kappa shape index (κ1) is 24.2. The van der Waals surface area contributed by atoms with E-state index >= 15 is 0 Å². The van der Waals surface area contributed by atoms with E-state index in [0.29, 0.717) is 12.1 Å². The summed E-state index contributed by atoms with van der Waals surface area (Å²) < 4.78 is 2.05. The van der Waals surface area contributed by atoms with Gasteiger partial charge in [0.05, 0.1) is 11.0 Å². The Morgan fingerprint density at radius 3 is 2.42 bits per heavy atom. The van der Waals surface area contributed by atoms with Crippen LogP contribution in [0.4, 0.5) is 5.69 Å². The summed E-state index contributed by atoms with van der Waals surface area (Å²) in [6.45, 7) is 10.3. The summed E-state index contributed by atoms with van der Waals surface area (Å²) in [7, 11) is 0. The molecule has 0 saturated carbocycles. The zero-order valence-corrected chi connectivity index (χ0v) is 19.9. The molecule has 2 aromatic carbocycles. The molecular weight excluding hydrogens is 412 g/mol. The van der Waals surface area contributed by atoms with Crippen molar-refractivity contribution >= 4 is 28.5 Å². The summed E-state index contributed by atoms with van der Waals surface area (Å²) in [6, 6.07) is 17.8. The molecule has 3 rings (SSSR count). The van der Waals surface area contributed by atoms with Gasteiger partial charge in [-0.1, -0.05) is 43.3 Å². The molecule has 0 fully saturated rings. The van der Waals surface area contributed by atoms with Crippen molar-refractivity contribution in [2.24, 2.45) is 0 Å². The molecule has 0 aliphatic rings. The number of anilines is 1. The molecule has 6 nitrogen and oxygen atoms in total. The van der Waals surface area contributed by atoms with Gasteiger partial charge in [0.15, 0.2) is 0 Å². The van der Waals surface area contributed by atoms with Crippen molar-refractivity contribution in [3.63, 3.8) is 0 Å². The number of carbonyl (C=O) groups excluding carboxylic acids is 2. The molecule has 0 radical (unpaired) electrons. The molecule has 0 aliphatic carbocycles. The van der Waals surface area contributed by atoms with E-state index in [1.165, 1.54) is 0 Å². The summed E-state index contributed by atoms with van der Waals surface area (Å²) in [5, 5.41) is 2.87. The molecule has 1 heterocycles. The second-order valence-corrected chi connectivity index (χ2v) is 8.64. The van der Waals surface area contributed by atoms with Crippen LogP contribution >= 0.6 is 0 Å². The Kier molecular flexibility index (Phi) is 8.41. The fraction of sp³-hybridized carbons (Fsp3) is 0.370. The van der Waals surface area contributed by atoms with Crippen molar-refractivity contribution in [2.75, 3.05) is 11.4 Å². The van der Waals surface area contributed by atoms with Crippen LogP contribution in [0.5, 0.6) is 0 Å². The van der Waals surface area contributed by atoms with Gasteiger partial charge < -0.3 is 14.8 Å². The predicted molar refractivity (Wildman–Crippen MR) is 134 cm³/mol. The summed E-state index contributed by atoms with van der Waals surface area (Å²) in [6.07, 6.45) is 3.58. The van der Waals surface area contributed by atoms with Gasteiger partial charge in [0.1, 0.15) is 12.4 Å². The third kappa shape index (κ3) is 6.31. The maximum absolute atomic E-state index is 13.4. The second kappa shape index (κ2) is 11.5. The molecule has 33 heavy (non-hydrogen) atoms. The van der Waals surface area contributed by atoms with Crippen LogP contribution in [0.2, 0.25) is 0 Å². The molecule has 0 unspecified atom stereocenters. The number of hydrogen-bond donors (Lipinski definition) is 1. The number of aryl methyl sites for hydroxylation is 1. The summed E-state index contributed by atoms with van der Waals surface area (Å²) in [5.74, 6) is 0.874. The first-order valence-electron chi connectivity index (χ1n) is 11.6. The molecule has 3 aromatic rings. The van der Waals surface area contributed by atoms with E-state index in [0.717, 1.165) is 48.2 Å². The van der Waals surface area contributed by atoms with Crippen molar-refractivity contribution in [3.05, 3.63) is 72.6 Å². The minimum atomic E-state index is -0.0940. The molecule has 174 valence electrons. The van der Waals surface area contributed by atoms with Crippen LogP contribution in [0.3, 0.4) is 0 Å². The fourth-order valence-corrected chi connectivity index (χ4v) is 3.96. The zero-order valence-electron chi connectivity index (χ0n) is 19.9. The monoisotopic (exact) mass is 446 g/mol. The maximum atomic E-state index is 13.4. The van der Waals surface area contributed by atoms with Crippen molar-refractivity contribution in [1.82, 2.24) is 14.9 Å². The number of amides is 2. The molecule has 1 aromatic heterocycles. The van der Waals surface area contributed by atoms with Gasteiger partial charge >= 0.3 is 0 Å². The lowest BCUT2D eigenvalue weighted by molar-refractivity contribution is -0.119. The molecular formula is C27H34N4O2. The number of fused-ring (bicyclic) bond motifs is 1. The quantitative estimate of drug-likeness (QED) is 0.337. The van der Waals surface area contributed by atoms with E-state index in [2.05, 4.69) is 16.5 Å². The van der Waals surface area contributed by atoms with Gasteiger partial charge in [0.2, 0.25) is 11.8 Å². The number of para-hydroxylation sites is 3. The number of nitrogens with one attached hydrogen (secondary N) is 1. The van der Waals surface area contributed by atoms with Crippen LogP contribution in [0, 0.1) is 0 Å². The van der Waals surface area contributed by atoms with Crippen molar-refractivity contribution in [2.45, 2.75) is 59.0 Å². The number of aromatic nitrogens is 2. The summed E-state index contributed by atoms with van der Waals surface area (Å²) in [4.78, 5) is 31.7. The maximum Gasteiger partial charge on any atom is 0.247 e. The van der Waals surface area contributed by atoms with Gasteiger partial charge in [-0.05, 0) is 57.9 Å². The normalized spacial score (nSPS) is 11.0. The van der Waals surface area contributed by atoms with Crippen molar-refractivity contribution < 1.29 is 9.59 Å². The molecule has 6 heteroatoms. The Labute approximate surface area is 196 Å². The highest BCUT2D eigenvalue weighted by molar-refractivity contribution is 5.94. The highest BCUT2D eigenvalue weighted by Crippen LogP contribution is 2.21. The van der Waals surface area contributed by atoms with E-state index in [4.69, 9.17) is 4.98 Å². The lowest BCUT2D eigenvalue weighted by Crippen LogP contribution is -2.39. The highest BCUT2D eigenvalue weighted by atomic mass is 16.2. The third-order valence-electron chi connectivity index (χ3n) is 5.60. The molecule has 2 amide bonds. The number of imidazole rings is 1. The lowest BCUT2D eigenvalue weighted by Gasteiger charge is -2.27. The molecule has 0 spiro atoms. The second-order valence-electron chi connectivity index (χ2n) is 8.64. The SMILES string of the molecule is C=C(C)C(=O)NCCCCCc1nc2ccccc2n1CC(=O)N(c1ccccc1)C(C)C. The number of nitrogens with zero attached hydrogens (tertiary/aromatic N) is 3. The summed E-state index contributed by atoms with van der Waals surface area (Å²) in [5.41, 5.74) is 3.32. The Morgan fingerprint density at radius 2 is 1.73 bits per heavy atom. The van der Waals surface area contributed by atoms with Crippen molar-refractivity contribution in [1.29, 1.82) is 0 Å². The minimum absolute atomic E-state index is 0.0445. The van der Waals surface area contributed by atoms with E-state index in [9.17, 15) is 9.59 Å². The number of benzene rings is 2. The number of rotatable bonds is 11. The van der Waals surface area contributed by atoms with E-state index in [-0.39, 0.29) is 24.4 Å². The average Bonchev–Trinajstić information content (AvgIpc) is 3.13. The van der Waals surface area contributed by atoms with Gasteiger partial charge in [0.25, 0.3) is 0 Å². The van der Waals surface area contributed by atoms with Crippen LogP contribution in [0.1, 0.15) is 45.9 Å². The lowest BCUT2D eigenvalue weighted by atomic mass is 10.2. The van der Waals surface area contributed by atoms with Crippen LogP contribution in [-0.4, -0.2) is 34.0 Å². The number of hydrogen-bond acceptors (Lipinski definition) is 3. The van der Waals surface area contributed by atoms with Gasteiger partial charge in [0, 0.05) is 30.3 Å². The first-order chi connectivity index (χ1) is 15.9. The topological polar surface area (TPSA) is 67.2 Å². The largest absolute Gasteiger partial charge is 0.352 e. The van der Waals surface area contributed by atoms with Gasteiger partial charge in [-0.15, -0.1) is 0 Å². The summed E-state index contributed by atoms with van der Waals surface area (Å²) >= 11 is 0. The molecule has 0 atom stereocenters. The third-order valence-corrected chi connectivity index (χ3v) is 5.60. The van der Waals surface area contributed by atoms with E-state index in [1.54, 1.807) is 6.92 Å². The smallest absolute Gasteiger partial charge is 0.247 e. The molecule has 1 N–H and O–H groups in total. The fourth-order valence-electron chi connectivity index (χ4n) is 3.96. The standard InChI is InChI=1S/C27H34N4O2/c1-20(2)27(33)28-18-12-6-9-17-25-29-23-15-10-11-16-24(23)30(25)19-26(32)31(21(3)4)22-13-7-5-8-14-22/h5,7-8,10-11,13-16,21H,1,6,9,12,17-19H2,2-4H3,(H,28,33). The minimum Gasteiger partial charge on any atom is -0.352 e. The number of carbonyl (C=O) groups is 2. The highest BCUT2D eigenvalue weighted by Gasteiger charge is 2.21. The van der Waals surface area contributed by atoms with Crippen molar-refractivity contribution in [3.8, 4) is 0 Å². The van der Waals surface area contributed by atoms with Crippen LogP contribution in [0.25, 0.3) is 11.0 Å². The van der Waals surface area contributed by atoms with E-state index in [1.807, 2.05) is 73.3 Å². The van der Waals surface area contributed by atoms with Gasteiger partial charge in [-0.2, -0.15) is 0 Å². The molecule has 0 saturated heterocycles. The molecule has 0 aliphatic heterocycles. The zero-order chi connectivity index (χ0) is 23.8. The Hall–Kier alpha value is -3.41. The average molecular weight is 447 g/mol. The van der Waals surface area contributed by atoms with Crippen LogP contribution < -0.4 is 10.2 Å². The van der Waals surface area contributed by atoms with Gasteiger partial charge in [-0.3, -0.25) is 9.59 Å². The van der Waals surface area contributed by atoms with Crippen LogP contribution in [-0.2, 0) is 22.6 Å². The Balaban J connectivity index is 1.70. The Morgan fingerprint density at radius 1 is 1.03 bits per heavy atom. The predicted octanol–water partition coefficient (Wildman–Crippen LogP) is 4.88. The first-order valence-corrected chi connectivity index (χ1v) is 11.6. The van der Waals surface area contributed by atoms with Crippen LogP contribution in [0.15, 0.2) is 66.7 Å². The Bertz CT molecular complexity index is 1100. The van der Waals surface area contributed by atoms with Gasteiger partial charge in [-0.25, -0.2) is 4.98 Å². The molecule has 0 bridgehead atoms.